The first kappa shape index (κ1) is 13.3. The molecule has 0 aliphatic rings. The van der Waals surface area contributed by atoms with Crippen molar-refractivity contribution in [2.24, 2.45) is 0 Å². The summed E-state index contributed by atoms with van der Waals surface area (Å²) in [5, 5.41) is 9.56. The van der Waals surface area contributed by atoms with Crippen molar-refractivity contribution in [3.8, 4) is 0 Å². The SMILES string of the molecule is Cc1ccc2nc(C)c(C(=O)NCc3n[nH]c(C)n3)n2c1. The monoisotopic (exact) mass is 284 g/mol. The summed E-state index contributed by atoms with van der Waals surface area (Å²) >= 11 is 0. The number of carbonyl (C=O) groups excluding carboxylic acids is 1. The van der Waals surface area contributed by atoms with E-state index in [2.05, 4.69) is 25.5 Å². The topological polar surface area (TPSA) is 88.0 Å². The number of hydrogen-bond acceptors (Lipinski definition) is 4. The first-order valence-corrected chi connectivity index (χ1v) is 6.66. The minimum Gasteiger partial charge on any atom is -0.343 e. The van der Waals surface area contributed by atoms with Crippen LogP contribution in [0.4, 0.5) is 0 Å². The van der Waals surface area contributed by atoms with Gasteiger partial charge < -0.3 is 5.32 Å². The maximum absolute atomic E-state index is 12.4. The number of aromatic amines is 1. The highest BCUT2D eigenvalue weighted by Gasteiger charge is 2.16. The number of amides is 1. The number of nitrogens with one attached hydrogen (secondary N) is 2. The molecule has 3 aromatic rings. The van der Waals surface area contributed by atoms with Crippen LogP contribution in [0.15, 0.2) is 18.3 Å². The highest BCUT2D eigenvalue weighted by atomic mass is 16.1. The van der Waals surface area contributed by atoms with Gasteiger partial charge in [0.2, 0.25) is 0 Å². The lowest BCUT2D eigenvalue weighted by Crippen LogP contribution is -2.25. The third kappa shape index (κ3) is 2.49. The standard InChI is InChI=1S/C14H16N6O/c1-8-4-5-12-16-9(2)13(20(12)7-8)14(21)15-6-11-17-10(3)18-19-11/h4-5,7H,6H2,1-3H3,(H,15,21)(H,17,18,19). The number of carbonyl (C=O) groups is 1. The fourth-order valence-electron chi connectivity index (χ4n) is 2.25. The molecule has 0 fully saturated rings. The Morgan fingerprint density at radius 2 is 2.10 bits per heavy atom. The lowest BCUT2D eigenvalue weighted by atomic mass is 10.3. The average molecular weight is 284 g/mol. The van der Waals surface area contributed by atoms with E-state index >= 15 is 0 Å². The fourth-order valence-corrected chi connectivity index (χ4v) is 2.25. The molecule has 0 atom stereocenters. The van der Waals surface area contributed by atoms with Crippen molar-refractivity contribution in [2.45, 2.75) is 27.3 Å². The third-order valence-corrected chi connectivity index (χ3v) is 3.21. The first-order chi connectivity index (χ1) is 10.0. The lowest BCUT2D eigenvalue weighted by molar-refractivity contribution is 0.0943. The molecule has 108 valence electrons. The van der Waals surface area contributed by atoms with E-state index in [1.807, 2.05) is 43.5 Å². The number of rotatable bonds is 3. The molecule has 3 aromatic heterocycles. The molecule has 0 saturated heterocycles. The summed E-state index contributed by atoms with van der Waals surface area (Å²) in [5.41, 5.74) is 3.07. The second-order valence-electron chi connectivity index (χ2n) is 5.00. The summed E-state index contributed by atoms with van der Waals surface area (Å²) in [5.74, 6) is 1.09. The van der Waals surface area contributed by atoms with Crippen LogP contribution in [0.25, 0.3) is 5.65 Å². The molecular formula is C14H16N6O. The van der Waals surface area contributed by atoms with E-state index < -0.39 is 0 Å². The molecule has 0 bridgehead atoms. The summed E-state index contributed by atoms with van der Waals surface area (Å²) < 4.78 is 1.81. The molecule has 7 heteroatoms. The number of aromatic nitrogens is 5. The Morgan fingerprint density at radius 1 is 1.29 bits per heavy atom. The summed E-state index contributed by atoms with van der Waals surface area (Å²) in [7, 11) is 0. The van der Waals surface area contributed by atoms with Crippen molar-refractivity contribution < 1.29 is 4.79 Å². The first-order valence-electron chi connectivity index (χ1n) is 6.66. The zero-order chi connectivity index (χ0) is 15.0. The van der Waals surface area contributed by atoms with Crippen LogP contribution in [0.2, 0.25) is 0 Å². The van der Waals surface area contributed by atoms with Gasteiger partial charge in [-0.2, -0.15) is 5.10 Å². The molecule has 21 heavy (non-hydrogen) atoms. The van der Waals surface area contributed by atoms with Gasteiger partial charge >= 0.3 is 0 Å². The van der Waals surface area contributed by atoms with E-state index in [1.165, 1.54) is 0 Å². The number of nitrogens with zero attached hydrogens (tertiary/aromatic N) is 4. The lowest BCUT2D eigenvalue weighted by Gasteiger charge is -2.04. The molecule has 0 aliphatic carbocycles. The molecule has 2 N–H and O–H groups in total. The van der Waals surface area contributed by atoms with Crippen LogP contribution in [-0.2, 0) is 6.54 Å². The Labute approximate surface area is 121 Å². The molecule has 3 heterocycles. The van der Waals surface area contributed by atoms with Crippen LogP contribution in [-0.4, -0.2) is 30.5 Å². The predicted molar refractivity (Wildman–Crippen MR) is 77.0 cm³/mol. The van der Waals surface area contributed by atoms with Crippen molar-refractivity contribution in [2.75, 3.05) is 0 Å². The van der Waals surface area contributed by atoms with Gasteiger partial charge in [-0.15, -0.1) is 0 Å². The Bertz CT molecular complexity index is 816. The molecule has 1 amide bonds. The van der Waals surface area contributed by atoms with Gasteiger partial charge in [0.1, 0.15) is 17.2 Å². The zero-order valence-electron chi connectivity index (χ0n) is 12.1. The third-order valence-electron chi connectivity index (χ3n) is 3.21. The Hall–Kier alpha value is -2.70. The normalized spacial score (nSPS) is 11.0. The molecule has 0 aromatic carbocycles. The molecule has 0 radical (unpaired) electrons. The van der Waals surface area contributed by atoms with Gasteiger partial charge in [-0.05, 0) is 32.4 Å². The predicted octanol–water partition coefficient (Wildman–Crippen LogP) is 1.31. The summed E-state index contributed by atoms with van der Waals surface area (Å²) in [4.78, 5) is 21.0. The minimum absolute atomic E-state index is 0.187. The number of aryl methyl sites for hydroxylation is 3. The van der Waals surface area contributed by atoms with E-state index in [0.717, 1.165) is 17.0 Å². The largest absolute Gasteiger partial charge is 0.343 e. The van der Waals surface area contributed by atoms with Crippen molar-refractivity contribution in [3.05, 3.63) is 46.9 Å². The molecular weight excluding hydrogens is 268 g/mol. The summed E-state index contributed by atoms with van der Waals surface area (Å²) in [6.07, 6.45) is 1.90. The van der Waals surface area contributed by atoms with Crippen molar-refractivity contribution >= 4 is 11.6 Å². The zero-order valence-corrected chi connectivity index (χ0v) is 12.1. The highest BCUT2D eigenvalue weighted by molar-refractivity contribution is 5.94. The van der Waals surface area contributed by atoms with E-state index in [-0.39, 0.29) is 12.5 Å². The maximum atomic E-state index is 12.4. The van der Waals surface area contributed by atoms with Crippen molar-refractivity contribution in [3.63, 3.8) is 0 Å². The Balaban J connectivity index is 1.87. The summed E-state index contributed by atoms with van der Waals surface area (Å²) in [6, 6.07) is 3.87. The Morgan fingerprint density at radius 3 is 2.81 bits per heavy atom. The molecule has 3 rings (SSSR count). The van der Waals surface area contributed by atoms with Crippen molar-refractivity contribution in [1.29, 1.82) is 0 Å². The number of hydrogen-bond donors (Lipinski definition) is 2. The van der Waals surface area contributed by atoms with Gasteiger partial charge in [-0.25, -0.2) is 9.97 Å². The summed E-state index contributed by atoms with van der Waals surface area (Å²) in [6.45, 7) is 5.90. The molecule has 7 nitrogen and oxygen atoms in total. The van der Waals surface area contributed by atoms with Gasteiger partial charge in [0.25, 0.3) is 5.91 Å². The van der Waals surface area contributed by atoms with Crippen LogP contribution >= 0.6 is 0 Å². The Kier molecular flexibility index (Phi) is 3.17. The maximum Gasteiger partial charge on any atom is 0.270 e. The van der Waals surface area contributed by atoms with Crippen LogP contribution in [0, 0.1) is 20.8 Å². The van der Waals surface area contributed by atoms with E-state index in [9.17, 15) is 4.79 Å². The molecule has 0 aliphatic heterocycles. The number of H-pyrrole nitrogens is 1. The van der Waals surface area contributed by atoms with Gasteiger partial charge in [-0.3, -0.25) is 14.3 Å². The van der Waals surface area contributed by atoms with Crippen molar-refractivity contribution in [1.82, 2.24) is 29.9 Å². The molecule has 0 saturated carbocycles. The number of pyridine rings is 1. The smallest absolute Gasteiger partial charge is 0.270 e. The molecule has 0 unspecified atom stereocenters. The van der Waals surface area contributed by atoms with E-state index in [1.54, 1.807) is 0 Å². The van der Waals surface area contributed by atoms with E-state index in [4.69, 9.17) is 0 Å². The van der Waals surface area contributed by atoms with Crippen LogP contribution < -0.4 is 5.32 Å². The molecule has 0 spiro atoms. The second-order valence-corrected chi connectivity index (χ2v) is 5.00. The van der Waals surface area contributed by atoms with Gasteiger partial charge in [0, 0.05) is 6.20 Å². The average Bonchev–Trinajstić information content (AvgIpc) is 2.98. The fraction of sp³-hybridized carbons (Fsp3) is 0.286. The van der Waals surface area contributed by atoms with Crippen LogP contribution in [0.5, 0.6) is 0 Å². The highest BCUT2D eigenvalue weighted by Crippen LogP contribution is 2.13. The van der Waals surface area contributed by atoms with Crippen LogP contribution in [0.1, 0.15) is 33.4 Å². The van der Waals surface area contributed by atoms with Crippen LogP contribution in [0.3, 0.4) is 0 Å². The number of fused-ring (bicyclic) bond motifs is 1. The van der Waals surface area contributed by atoms with E-state index in [0.29, 0.717) is 17.2 Å². The van der Waals surface area contributed by atoms with Gasteiger partial charge in [-0.1, -0.05) is 6.07 Å². The second kappa shape index (κ2) is 5.01. The van der Waals surface area contributed by atoms with Gasteiger partial charge in [0.15, 0.2) is 5.82 Å². The van der Waals surface area contributed by atoms with Gasteiger partial charge in [0.05, 0.1) is 12.2 Å². The quantitative estimate of drug-likeness (QED) is 0.759. The number of imidazole rings is 1. The minimum atomic E-state index is -0.187.